The molecular formula is C17H24ClNO6. The molecular weight excluding hydrogens is 350 g/mol. The van der Waals surface area contributed by atoms with Gasteiger partial charge in [-0.05, 0) is 32.9 Å². The molecule has 0 bridgehead atoms. The van der Waals surface area contributed by atoms with E-state index < -0.39 is 23.7 Å². The van der Waals surface area contributed by atoms with Gasteiger partial charge in [-0.2, -0.15) is 0 Å². The number of carbonyl (C=O) groups excluding carboxylic acids is 2. The lowest BCUT2D eigenvalue weighted by Gasteiger charge is -2.23. The number of benzene rings is 1. The molecule has 25 heavy (non-hydrogen) atoms. The minimum atomic E-state index is -0.999. The molecule has 0 aliphatic heterocycles. The van der Waals surface area contributed by atoms with Crippen LogP contribution in [0.1, 0.15) is 26.3 Å². The van der Waals surface area contributed by atoms with Crippen LogP contribution in [0.4, 0.5) is 4.79 Å². The molecule has 1 rings (SSSR count). The third-order valence-electron chi connectivity index (χ3n) is 3.18. The number of carbonyl (C=O) groups is 2. The molecule has 7 nitrogen and oxygen atoms in total. The molecule has 1 aromatic rings. The molecule has 0 radical (unpaired) electrons. The van der Waals surface area contributed by atoms with Crippen LogP contribution in [0.3, 0.4) is 0 Å². The normalized spacial score (nSPS) is 12.1. The van der Waals surface area contributed by atoms with E-state index in [0.29, 0.717) is 22.1 Å². The number of halogens is 1. The Hall–Kier alpha value is -2.15. The zero-order chi connectivity index (χ0) is 19.2. The molecule has 0 aliphatic carbocycles. The minimum Gasteiger partial charge on any atom is -0.496 e. The monoisotopic (exact) mass is 373 g/mol. The maximum atomic E-state index is 12.1. The zero-order valence-electron chi connectivity index (χ0n) is 15.3. The molecule has 0 heterocycles. The van der Waals surface area contributed by atoms with Crippen LogP contribution in [0.2, 0.25) is 5.02 Å². The van der Waals surface area contributed by atoms with Crippen LogP contribution in [-0.2, 0) is 20.7 Å². The Labute approximate surface area is 152 Å². The van der Waals surface area contributed by atoms with Crippen molar-refractivity contribution in [3.63, 3.8) is 0 Å². The van der Waals surface area contributed by atoms with Gasteiger partial charge in [-0.25, -0.2) is 9.59 Å². The number of ether oxygens (including phenoxy) is 4. The predicted molar refractivity (Wildman–Crippen MR) is 93.4 cm³/mol. The Bertz CT molecular complexity index is 626. The lowest BCUT2D eigenvalue weighted by molar-refractivity contribution is -0.143. The highest BCUT2D eigenvalue weighted by Gasteiger charge is 2.28. The first-order valence-electron chi connectivity index (χ1n) is 7.59. The van der Waals surface area contributed by atoms with E-state index in [1.54, 1.807) is 32.9 Å². The third kappa shape index (κ3) is 6.01. The molecule has 1 aromatic carbocycles. The number of alkyl carbamates (subject to hydrolysis) is 1. The second-order valence-corrected chi connectivity index (χ2v) is 6.59. The summed E-state index contributed by atoms with van der Waals surface area (Å²) in [4.78, 5) is 24.1. The highest BCUT2D eigenvalue weighted by molar-refractivity contribution is 6.32. The van der Waals surface area contributed by atoms with E-state index >= 15 is 0 Å². The summed E-state index contributed by atoms with van der Waals surface area (Å²) in [6.07, 6.45) is -0.679. The molecule has 0 saturated heterocycles. The Morgan fingerprint density at radius 2 is 1.80 bits per heavy atom. The predicted octanol–water partition coefficient (Wildman–Crippen LogP) is 2.97. The number of nitrogens with one attached hydrogen (secondary N) is 1. The van der Waals surface area contributed by atoms with Crippen LogP contribution in [-0.4, -0.2) is 45.0 Å². The van der Waals surface area contributed by atoms with E-state index in [2.05, 4.69) is 5.32 Å². The van der Waals surface area contributed by atoms with Crippen molar-refractivity contribution >= 4 is 23.7 Å². The fourth-order valence-corrected chi connectivity index (χ4v) is 2.43. The van der Waals surface area contributed by atoms with Gasteiger partial charge in [-0.1, -0.05) is 11.6 Å². The fourth-order valence-electron chi connectivity index (χ4n) is 2.18. The summed E-state index contributed by atoms with van der Waals surface area (Å²) < 4.78 is 20.6. The fraction of sp³-hybridized carbons (Fsp3) is 0.529. The first-order valence-corrected chi connectivity index (χ1v) is 7.97. The van der Waals surface area contributed by atoms with Crippen molar-refractivity contribution in [1.82, 2.24) is 5.32 Å². The molecule has 0 fully saturated rings. The van der Waals surface area contributed by atoms with Crippen LogP contribution >= 0.6 is 11.6 Å². The SMILES string of the molecule is COC(=O)C(Cc1c(OC)ccc(Cl)c1OC)NC(=O)OC(C)(C)C. The largest absolute Gasteiger partial charge is 0.496 e. The third-order valence-corrected chi connectivity index (χ3v) is 3.48. The van der Waals surface area contributed by atoms with Crippen molar-refractivity contribution in [3.8, 4) is 11.5 Å². The van der Waals surface area contributed by atoms with Gasteiger partial charge >= 0.3 is 12.1 Å². The molecule has 0 aromatic heterocycles. The van der Waals surface area contributed by atoms with Crippen LogP contribution < -0.4 is 14.8 Å². The van der Waals surface area contributed by atoms with E-state index in [1.807, 2.05) is 0 Å². The molecule has 0 aliphatic rings. The number of hydrogen-bond donors (Lipinski definition) is 1. The molecule has 1 amide bonds. The Morgan fingerprint density at radius 1 is 1.16 bits per heavy atom. The lowest BCUT2D eigenvalue weighted by Crippen LogP contribution is -2.45. The van der Waals surface area contributed by atoms with Crippen molar-refractivity contribution in [2.24, 2.45) is 0 Å². The van der Waals surface area contributed by atoms with Crippen molar-refractivity contribution in [2.45, 2.75) is 38.8 Å². The first-order chi connectivity index (χ1) is 11.6. The molecule has 1 atom stereocenters. The summed E-state index contributed by atoms with van der Waals surface area (Å²) in [5.74, 6) is 0.206. The van der Waals surface area contributed by atoms with Crippen LogP contribution in [0.25, 0.3) is 0 Å². The number of esters is 1. The van der Waals surface area contributed by atoms with E-state index in [4.69, 9.17) is 30.5 Å². The summed E-state index contributed by atoms with van der Waals surface area (Å²) in [6.45, 7) is 5.17. The average molecular weight is 374 g/mol. The summed E-state index contributed by atoms with van der Waals surface area (Å²) in [5.41, 5.74) is -0.167. The number of amides is 1. The number of rotatable bonds is 6. The Kier molecular flexibility index (Phi) is 7.36. The van der Waals surface area contributed by atoms with Gasteiger partial charge in [0.15, 0.2) is 0 Å². The second kappa shape index (κ2) is 8.80. The van der Waals surface area contributed by atoms with Crippen molar-refractivity contribution in [2.75, 3.05) is 21.3 Å². The van der Waals surface area contributed by atoms with Gasteiger partial charge in [-0.3, -0.25) is 0 Å². The molecule has 0 saturated carbocycles. The summed E-state index contributed by atoms with van der Waals surface area (Å²) >= 11 is 6.14. The van der Waals surface area contributed by atoms with E-state index in [1.165, 1.54) is 21.3 Å². The minimum absolute atomic E-state index is 0.0544. The van der Waals surface area contributed by atoms with Crippen LogP contribution in [0.5, 0.6) is 11.5 Å². The van der Waals surface area contributed by atoms with Gasteiger partial charge in [0.2, 0.25) is 0 Å². The Morgan fingerprint density at radius 3 is 2.28 bits per heavy atom. The van der Waals surface area contributed by atoms with Crippen molar-refractivity contribution in [1.29, 1.82) is 0 Å². The first kappa shape index (κ1) is 20.9. The highest BCUT2D eigenvalue weighted by atomic mass is 35.5. The summed E-state index contributed by atoms with van der Waals surface area (Å²) in [7, 11) is 4.18. The second-order valence-electron chi connectivity index (χ2n) is 6.19. The van der Waals surface area contributed by atoms with Gasteiger partial charge in [0.05, 0.1) is 26.4 Å². The number of hydrogen-bond acceptors (Lipinski definition) is 6. The standard InChI is InChI=1S/C17H24ClNO6/c1-17(2,3)25-16(21)19-12(15(20)24-6)9-10-13(22-4)8-7-11(18)14(10)23-5/h7-8,12H,9H2,1-6H3,(H,19,21). The van der Waals surface area contributed by atoms with E-state index in [0.717, 1.165) is 0 Å². The van der Waals surface area contributed by atoms with Crippen molar-refractivity contribution in [3.05, 3.63) is 22.7 Å². The number of methoxy groups -OCH3 is 3. The average Bonchev–Trinajstić information content (AvgIpc) is 2.52. The van der Waals surface area contributed by atoms with E-state index in [-0.39, 0.29) is 6.42 Å². The Balaban J connectivity index is 3.13. The van der Waals surface area contributed by atoms with Gasteiger partial charge in [0.25, 0.3) is 0 Å². The van der Waals surface area contributed by atoms with Gasteiger partial charge < -0.3 is 24.3 Å². The zero-order valence-corrected chi connectivity index (χ0v) is 16.0. The van der Waals surface area contributed by atoms with Crippen LogP contribution in [0, 0.1) is 0 Å². The highest BCUT2D eigenvalue weighted by Crippen LogP contribution is 2.36. The van der Waals surface area contributed by atoms with Gasteiger partial charge in [0.1, 0.15) is 23.1 Å². The maximum absolute atomic E-state index is 12.1. The smallest absolute Gasteiger partial charge is 0.408 e. The van der Waals surface area contributed by atoms with Crippen LogP contribution in [0.15, 0.2) is 12.1 Å². The lowest BCUT2D eigenvalue weighted by atomic mass is 10.0. The van der Waals surface area contributed by atoms with Gasteiger partial charge in [0, 0.05) is 12.0 Å². The topological polar surface area (TPSA) is 83.1 Å². The van der Waals surface area contributed by atoms with Crippen molar-refractivity contribution < 1.29 is 28.5 Å². The molecule has 8 heteroatoms. The summed E-state index contributed by atoms with van der Waals surface area (Å²) in [5, 5.41) is 2.87. The summed E-state index contributed by atoms with van der Waals surface area (Å²) in [6, 6.07) is 2.28. The molecule has 0 spiro atoms. The van der Waals surface area contributed by atoms with Gasteiger partial charge in [-0.15, -0.1) is 0 Å². The molecule has 1 N–H and O–H groups in total. The molecule has 140 valence electrons. The maximum Gasteiger partial charge on any atom is 0.408 e. The van der Waals surface area contributed by atoms with E-state index in [9.17, 15) is 9.59 Å². The quantitative estimate of drug-likeness (QED) is 0.772. The molecule has 1 unspecified atom stereocenters.